The van der Waals surface area contributed by atoms with Gasteiger partial charge < -0.3 is 5.11 Å². The summed E-state index contributed by atoms with van der Waals surface area (Å²) >= 11 is 3.51. The molecule has 2 heteroatoms. The maximum absolute atomic E-state index is 9.15. The molecule has 0 saturated heterocycles. The van der Waals surface area contributed by atoms with Crippen LogP contribution >= 0.6 is 15.9 Å². The Morgan fingerprint density at radius 1 is 0.824 bits per heavy atom. The van der Waals surface area contributed by atoms with E-state index in [1.807, 2.05) is 12.1 Å². The molecule has 0 amide bonds. The van der Waals surface area contributed by atoms with Crippen LogP contribution in [0.3, 0.4) is 0 Å². The summed E-state index contributed by atoms with van der Waals surface area (Å²) in [7, 11) is 0. The van der Waals surface area contributed by atoms with E-state index >= 15 is 0 Å². The van der Waals surface area contributed by atoms with Gasteiger partial charge in [0.1, 0.15) is 0 Å². The Morgan fingerprint density at radius 3 is 2.41 bits per heavy atom. The van der Waals surface area contributed by atoms with Crippen LogP contribution < -0.4 is 0 Å². The standard InChI is InChI=1S/C15H11BrO/c16-13-5-4-11-2-3-12-7-10(9-17)1-6-14(12)15(11)8-13/h1-8,17H,9H2. The molecule has 0 fully saturated rings. The van der Waals surface area contributed by atoms with Crippen molar-refractivity contribution in [2.75, 3.05) is 0 Å². The van der Waals surface area contributed by atoms with Crippen LogP contribution in [0.5, 0.6) is 0 Å². The van der Waals surface area contributed by atoms with Crippen molar-refractivity contribution in [1.29, 1.82) is 0 Å². The van der Waals surface area contributed by atoms with Crippen molar-refractivity contribution in [3.8, 4) is 0 Å². The minimum absolute atomic E-state index is 0.0897. The van der Waals surface area contributed by atoms with Gasteiger partial charge >= 0.3 is 0 Å². The van der Waals surface area contributed by atoms with Crippen molar-refractivity contribution in [2.24, 2.45) is 0 Å². The second-order valence-electron chi connectivity index (χ2n) is 4.14. The zero-order valence-electron chi connectivity index (χ0n) is 9.15. The third-order valence-electron chi connectivity index (χ3n) is 3.05. The molecule has 0 aliphatic heterocycles. The quantitative estimate of drug-likeness (QED) is 0.663. The topological polar surface area (TPSA) is 20.2 Å². The summed E-state index contributed by atoms with van der Waals surface area (Å²) < 4.78 is 1.09. The average molecular weight is 287 g/mol. The summed E-state index contributed by atoms with van der Waals surface area (Å²) in [5.74, 6) is 0. The number of aliphatic hydroxyl groups excluding tert-OH is 1. The zero-order chi connectivity index (χ0) is 11.8. The van der Waals surface area contributed by atoms with Gasteiger partial charge in [-0.1, -0.05) is 46.3 Å². The number of halogens is 1. The molecule has 3 aromatic rings. The van der Waals surface area contributed by atoms with E-state index in [4.69, 9.17) is 5.11 Å². The van der Waals surface area contributed by atoms with Crippen LogP contribution in [0.15, 0.2) is 53.0 Å². The van der Waals surface area contributed by atoms with Crippen LogP contribution in [0.1, 0.15) is 5.56 Å². The smallest absolute Gasteiger partial charge is 0.0682 e. The minimum Gasteiger partial charge on any atom is -0.392 e. The molecule has 0 heterocycles. The fourth-order valence-corrected chi connectivity index (χ4v) is 2.54. The zero-order valence-corrected chi connectivity index (χ0v) is 10.7. The molecule has 17 heavy (non-hydrogen) atoms. The van der Waals surface area contributed by atoms with Gasteiger partial charge in [0.2, 0.25) is 0 Å². The Labute approximate surface area is 108 Å². The first-order valence-electron chi connectivity index (χ1n) is 5.50. The van der Waals surface area contributed by atoms with Gasteiger partial charge in [-0.3, -0.25) is 0 Å². The SMILES string of the molecule is OCc1ccc2c(ccc3ccc(Br)cc32)c1. The monoisotopic (exact) mass is 286 g/mol. The molecular formula is C15H11BrO. The highest BCUT2D eigenvalue weighted by Gasteiger charge is 2.02. The molecule has 0 spiro atoms. The molecule has 3 aromatic carbocycles. The molecular weight excluding hydrogens is 276 g/mol. The lowest BCUT2D eigenvalue weighted by Gasteiger charge is -2.06. The number of hydrogen-bond donors (Lipinski definition) is 1. The predicted octanol–water partition coefficient (Wildman–Crippen LogP) is 4.25. The summed E-state index contributed by atoms with van der Waals surface area (Å²) in [6.45, 7) is 0.0897. The van der Waals surface area contributed by atoms with Crippen LogP contribution in [0.4, 0.5) is 0 Å². The lowest BCUT2D eigenvalue weighted by Crippen LogP contribution is -1.84. The molecule has 3 rings (SSSR count). The van der Waals surface area contributed by atoms with Crippen molar-refractivity contribution >= 4 is 37.5 Å². The molecule has 0 radical (unpaired) electrons. The van der Waals surface area contributed by atoms with Crippen LogP contribution in [-0.4, -0.2) is 5.11 Å². The Hall–Kier alpha value is -1.38. The highest BCUT2D eigenvalue weighted by Crippen LogP contribution is 2.28. The highest BCUT2D eigenvalue weighted by atomic mass is 79.9. The van der Waals surface area contributed by atoms with Gasteiger partial charge in [-0.2, -0.15) is 0 Å². The Bertz CT molecular complexity index is 704. The fourth-order valence-electron chi connectivity index (χ4n) is 2.18. The number of benzene rings is 3. The van der Waals surface area contributed by atoms with E-state index in [0.29, 0.717) is 0 Å². The van der Waals surface area contributed by atoms with Gasteiger partial charge in [0.15, 0.2) is 0 Å². The van der Waals surface area contributed by atoms with Gasteiger partial charge in [-0.25, -0.2) is 0 Å². The van der Waals surface area contributed by atoms with Gasteiger partial charge in [0, 0.05) is 4.47 Å². The fraction of sp³-hybridized carbons (Fsp3) is 0.0667. The minimum atomic E-state index is 0.0897. The van der Waals surface area contributed by atoms with Gasteiger partial charge in [-0.05, 0) is 45.3 Å². The van der Waals surface area contributed by atoms with Crippen LogP contribution in [0.2, 0.25) is 0 Å². The van der Waals surface area contributed by atoms with Crippen molar-refractivity contribution in [1.82, 2.24) is 0 Å². The van der Waals surface area contributed by atoms with E-state index < -0.39 is 0 Å². The molecule has 0 atom stereocenters. The maximum atomic E-state index is 9.15. The molecule has 0 saturated carbocycles. The third-order valence-corrected chi connectivity index (χ3v) is 3.54. The number of hydrogen-bond acceptors (Lipinski definition) is 1. The van der Waals surface area contributed by atoms with E-state index in [1.54, 1.807) is 0 Å². The Morgan fingerprint density at radius 2 is 1.59 bits per heavy atom. The summed E-state index contributed by atoms with van der Waals surface area (Å²) in [4.78, 5) is 0. The van der Waals surface area contributed by atoms with Crippen molar-refractivity contribution in [2.45, 2.75) is 6.61 Å². The third kappa shape index (κ3) is 1.84. The van der Waals surface area contributed by atoms with Gasteiger partial charge in [0.05, 0.1) is 6.61 Å². The predicted molar refractivity (Wildman–Crippen MR) is 75.1 cm³/mol. The normalized spacial score (nSPS) is 11.2. The number of aliphatic hydroxyl groups is 1. The molecule has 84 valence electrons. The molecule has 0 aromatic heterocycles. The lowest BCUT2D eigenvalue weighted by atomic mass is 10.0. The molecule has 0 aliphatic carbocycles. The summed E-state index contributed by atoms with van der Waals surface area (Å²) in [6.07, 6.45) is 0. The molecule has 0 bridgehead atoms. The van der Waals surface area contributed by atoms with E-state index in [9.17, 15) is 0 Å². The largest absolute Gasteiger partial charge is 0.392 e. The van der Waals surface area contributed by atoms with Crippen LogP contribution in [0, 0.1) is 0 Å². The summed E-state index contributed by atoms with van der Waals surface area (Å²) in [5.41, 5.74) is 0.951. The second kappa shape index (κ2) is 4.13. The van der Waals surface area contributed by atoms with Gasteiger partial charge in [0.25, 0.3) is 0 Å². The first-order chi connectivity index (χ1) is 8.28. The van der Waals surface area contributed by atoms with Crippen LogP contribution in [0.25, 0.3) is 21.5 Å². The second-order valence-corrected chi connectivity index (χ2v) is 5.06. The maximum Gasteiger partial charge on any atom is 0.0682 e. The molecule has 0 aliphatic rings. The molecule has 1 nitrogen and oxygen atoms in total. The van der Waals surface area contributed by atoms with E-state index in [0.717, 1.165) is 10.0 Å². The van der Waals surface area contributed by atoms with Crippen molar-refractivity contribution < 1.29 is 5.11 Å². The van der Waals surface area contributed by atoms with Gasteiger partial charge in [-0.15, -0.1) is 0 Å². The van der Waals surface area contributed by atoms with E-state index in [-0.39, 0.29) is 6.61 Å². The van der Waals surface area contributed by atoms with E-state index in [2.05, 4.69) is 52.3 Å². The van der Waals surface area contributed by atoms with Crippen LogP contribution in [-0.2, 0) is 6.61 Å². The van der Waals surface area contributed by atoms with E-state index in [1.165, 1.54) is 21.5 Å². The molecule has 0 unspecified atom stereocenters. The number of fused-ring (bicyclic) bond motifs is 3. The lowest BCUT2D eigenvalue weighted by molar-refractivity contribution is 0.282. The Balaban J connectivity index is 2.42. The summed E-state index contributed by atoms with van der Waals surface area (Å²) in [5, 5.41) is 14.0. The first kappa shape index (κ1) is 10.8. The Kier molecular flexibility index (Phi) is 2.61. The number of rotatable bonds is 1. The first-order valence-corrected chi connectivity index (χ1v) is 6.29. The molecule has 1 N–H and O–H groups in total. The van der Waals surface area contributed by atoms with Crippen molar-refractivity contribution in [3.63, 3.8) is 0 Å². The summed E-state index contributed by atoms with van der Waals surface area (Å²) in [6, 6.07) is 16.6. The highest BCUT2D eigenvalue weighted by molar-refractivity contribution is 9.10. The van der Waals surface area contributed by atoms with Crippen molar-refractivity contribution in [3.05, 3.63) is 58.6 Å². The average Bonchev–Trinajstić information content (AvgIpc) is 2.37.